The summed E-state index contributed by atoms with van der Waals surface area (Å²) < 4.78 is 0. The van der Waals surface area contributed by atoms with Gasteiger partial charge in [-0.1, -0.05) is 27.0 Å². The Morgan fingerprint density at radius 3 is 2.50 bits per heavy atom. The van der Waals surface area contributed by atoms with E-state index in [0.29, 0.717) is 6.04 Å². The summed E-state index contributed by atoms with van der Waals surface area (Å²) in [4.78, 5) is 0. The molecule has 1 nitrogen and oxygen atoms in total. The highest BCUT2D eigenvalue weighted by Crippen LogP contribution is 2.33. The van der Waals surface area contributed by atoms with Crippen LogP contribution in [-0.4, -0.2) is 6.04 Å². The third kappa shape index (κ3) is 2.13. The van der Waals surface area contributed by atoms with Gasteiger partial charge in [-0.3, -0.25) is 0 Å². The summed E-state index contributed by atoms with van der Waals surface area (Å²) in [7, 11) is 0. The van der Waals surface area contributed by atoms with E-state index < -0.39 is 0 Å². The van der Waals surface area contributed by atoms with Gasteiger partial charge in [-0.15, -0.1) is 0 Å². The highest BCUT2D eigenvalue weighted by Gasteiger charge is 2.30. The molecule has 0 aromatic rings. The maximum Gasteiger partial charge on any atom is 0.0266 e. The van der Waals surface area contributed by atoms with E-state index in [1.54, 1.807) is 6.08 Å². The molecule has 1 aliphatic rings. The van der Waals surface area contributed by atoms with E-state index in [-0.39, 0.29) is 0 Å². The van der Waals surface area contributed by atoms with Crippen LogP contribution in [0, 0.1) is 11.8 Å². The van der Waals surface area contributed by atoms with Crippen molar-refractivity contribution in [2.75, 3.05) is 0 Å². The lowest BCUT2D eigenvalue weighted by Crippen LogP contribution is -2.42. The molecule has 1 fully saturated rings. The summed E-state index contributed by atoms with van der Waals surface area (Å²) in [5, 5.41) is 3.34. The van der Waals surface area contributed by atoms with E-state index in [0.717, 1.165) is 17.5 Å². The van der Waals surface area contributed by atoms with Crippen molar-refractivity contribution in [1.82, 2.24) is 5.32 Å². The Kier molecular flexibility index (Phi) is 2.96. The van der Waals surface area contributed by atoms with Crippen LogP contribution in [0.3, 0.4) is 0 Å². The lowest BCUT2D eigenvalue weighted by atomic mass is 9.73. The molecule has 1 N–H and O–H groups in total. The smallest absolute Gasteiger partial charge is 0.0266 e. The summed E-state index contributed by atoms with van der Waals surface area (Å²) in [6.45, 7) is 12.1. The third-order valence-electron chi connectivity index (χ3n) is 2.75. The minimum absolute atomic E-state index is 0.655. The molecule has 68 valence electrons. The Balaban J connectivity index is 2.17. The van der Waals surface area contributed by atoms with Crippen LogP contribution in [-0.2, 0) is 0 Å². The second-order valence-corrected chi connectivity index (χ2v) is 4.05. The highest BCUT2D eigenvalue weighted by atomic mass is 14.9. The van der Waals surface area contributed by atoms with Crippen LogP contribution in [0.5, 0.6) is 0 Å². The molecule has 0 aliphatic heterocycles. The number of nitrogens with one attached hydrogen (secondary N) is 1. The van der Waals surface area contributed by atoms with Gasteiger partial charge in [-0.05, 0) is 30.8 Å². The van der Waals surface area contributed by atoms with E-state index in [4.69, 9.17) is 0 Å². The minimum Gasteiger partial charge on any atom is -0.383 e. The SMILES string of the molecule is C=CC(=C)NC1CC(C(C)C)C1. The molecule has 0 amide bonds. The molecular weight excluding hydrogens is 146 g/mol. The van der Waals surface area contributed by atoms with E-state index in [9.17, 15) is 0 Å². The van der Waals surface area contributed by atoms with E-state index in [1.807, 2.05) is 0 Å². The van der Waals surface area contributed by atoms with Crippen molar-refractivity contribution < 1.29 is 0 Å². The average Bonchev–Trinajstić information content (AvgIpc) is 1.94. The quantitative estimate of drug-likeness (QED) is 0.632. The van der Waals surface area contributed by atoms with Crippen LogP contribution in [0.15, 0.2) is 24.9 Å². The van der Waals surface area contributed by atoms with Crippen LogP contribution >= 0.6 is 0 Å². The first-order valence-corrected chi connectivity index (χ1v) is 4.71. The van der Waals surface area contributed by atoms with Crippen molar-refractivity contribution in [3.05, 3.63) is 24.9 Å². The van der Waals surface area contributed by atoms with Crippen molar-refractivity contribution >= 4 is 0 Å². The fourth-order valence-electron chi connectivity index (χ4n) is 1.65. The van der Waals surface area contributed by atoms with Gasteiger partial charge in [0.15, 0.2) is 0 Å². The van der Waals surface area contributed by atoms with Crippen molar-refractivity contribution in [2.45, 2.75) is 32.7 Å². The fourth-order valence-corrected chi connectivity index (χ4v) is 1.65. The van der Waals surface area contributed by atoms with Gasteiger partial charge in [0.1, 0.15) is 0 Å². The van der Waals surface area contributed by atoms with Crippen LogP contribution in [0.4, 0.5) is 0 Å². The van der Waals surface area contributed by atoms with Gasteiger partial charge >= 0.3 is 0 Å². The number of hydrogen-bond donors (Lipinski definition) is 1. The van der Waals surface area contributed by atoms with Crippen LogP contribution in [0.25, 0.3) is 0 Å². The molecule has 1 saturated carbocycles. The standard InChI is InChI=1S/C11H19N/c1-5-9(4)12-11-6-10(7-11)8(2)3/h5,8,10-12H,1,4,6-7H2,2-3H3. The van der Waals surface area contributed by atoms with E-state index in [1.165, 1.54) is 12.8 Å². The summed E-state index contributed by atoms with van der Waals surface area (Å²) >= 11 is 0. The maximum atomic E-state index is 3.84. The zero-order chi connectivity index (χ0) is 9.14. The molecule has 0 radical (unpaired) electrons. The molecule has 1 aliphatic carbocycles. The van der Waals surface area contributed by atoms with E-state index >= 15 is 0 Å². The second-order valence-electron chi connectivity index (χ2n) is 4.05. The van der Waals surface area contributed by atoms with Crippen molar-refractivity contribution in [1.29, 1.82) is 0 Å². The molecule has 0 aromatic carbocycles. The summed E-state index contributed by atoms with van der Waals surface area (Å²) in [5.41, 5.74) is 0.960. The number of rotatable bonds is 4. The van der Waals surface area contributed by atoms with Gasteiger partial charge in [-0.25, -0.2) is 0 Å². The van der Waals surface area contributed by atoms with E-state index in [2.05, 4.69) is 32.3 Å². The molecule has 0 atom stereocenters. The Labute approximate surface area is 75.6 Å². The van der Waals surface area contributed by atoms with Gasteiger partial charge in [-0.2, -0.15) is 0 Å². The van der Waals surface area contributed by atoms with Crippen molar-refractivity contribution in [3.8, 4) is 0 Å². The second kappa shape index (κ2) is 3.79. The zero-order valence-electron chi connectivity index (χ0n) is 8.14. The first kappa shape index (κ1) is 9.37. The Morgan fingerprint density at radius 1 is 1.50 bits per heavy atom. The summed E-state index contributed by atoms with van der Waals surface area (Å²) in [6.07, 6.45) is 4.37. The molecule has 0 heterocycles. The number of hydrogen-bond acceptors (Lipinski definition) is 1. The Bertz CT molecular complexity index is 175. The molecular formula is C11H19N. The molecule has 1 rings (SSSR count). The zero-order valence-corrected chi connectivity index (χ0v) is 8.14. The molecule has 1 heteroatoms. The Morgan fingerprint density at radius 2 is 2.08 bits per heavy atom. The molecule has 0 unspecified atom stereocenters. The van der Waals surface area contributed by atoms with Gasteiger partial charge in [0.05, 0.1) is 0 Å². The summed E-state index contributed by atoms with van der Waals surface area (Å²) in [5.74, 6) is 1.75. The molecule has 0 spiro atoms. The van der Waals surface area contributed by atoms with Crippen molar-refractivity contribution in [2.24, 2.45) is 11.8 Å². The van der Waals surface area contributed by atoms with Gasteiger partial charge in [0, 0.05) is 11.7 Å². The maximum absolute atomic E-state index is 3.84. The van der Waals surface area contributed by atoms with Crippen molar-refractivity contribution in [3.63, 3.8) is 0 Å². The van der Waals surface area contributed by atoms with Gasteiger partial charge in [0.2, 0.25) is 0 Å². The first-order chi connectivity index (χ1) is 5.63. The van der Waals surface area contributed by atoms with Crippen LogP contribution in [0.2, 0.25) is 0 Å². The monoisotopic (exact) mass is 165 g/mol. The lowest BCUT2D eigenvalue weighted by molar-refractivity contribution is 0.178. The van der Waals surface area contributed by atoms with Crippen LogP contribution < -0.4 is 5.32 Å². The predicted octanol–water partition coefficient (Wildman–Crippen LogP) is 2.71. The molecule has 0 aromatic heterocycles. The topological polar surface area (TPSA) is 12.0 Å². The molecule has 0 bridgehead atoms. The fraction of sp³-hybridized carbons (Fsp3) is 0.636. The largest absolute Gasteiger partial charge is 0.383 e. The minimum atomic E-state index is 0.655. The highest BCUT2D eigenvalue weighted by molar-refractivity contribution is 5.10. The first-order valence-electron chi connectivity index (χ1n) is 4.71. The normalized spacial score (nSPS) is 27.9. The van der Waals surface area contributed by atoms with Gasteiger partial charge in [0.25, 0.3) is 0 Å². The molecule has 12 heavy (non-hydrogen) atoms. The molecule has 0 saturated heterocycles. The lowest BCUT2D eigenvalue weighted by Gasteiger charge is -2.39. The third-order valence-corrected chi connectivity index (χ3v) is 2.75. The van der Waals surface area contributed by atoms with Crippen LogP contribution in [0.1, 0.15) is 26.7 Å². The Hall–Kier alpha value is -0.720. The summed E-state index contributed by atoms with van der Waals surface area (Å²) in [6, 6.07) is 0.655. The average molecular weight is 165 g/mol. The van der Waals surface area contributed by atoms with Gasteiger partial charge < -0.3 is 5.32 Å². The predicted molar refractivity (Wildman–Crippen MR) is 53.8 cm³/mol. The number of allylic oxidation sites excluding steroid dienone is 1.